The minimum absolute atomic E-state index is 0.0232. The van der Waals surface area contributed by atoms with Crippen LogP contribution in [0.2, 0.25) is 0 Å². The van der Waals surface area contributed by atoms with E-state index in [4.69, 9.17) is 0 Å². The van der Waals surface area contributed by atoms with Crippen molar-refractivity contribution in [3.8, 4) is 0 Å². The number of urea groups is 1. The molecule has 0 spiro atoms. The fourth-order valence-corrected chi connectivity index (χ4v) is 2.04. The van der Waals surface area contributed by atoms with Gasteiger partial charge >= 0.3 is 12.0 Å². The Bertz CT molecular complexity index is 426. The molecule has 0 saturated heterocycles. The Labute approximate surface area is 124 Å². The predicted molar refractivity (Wildman–Crippen MR) is 77.8 cm³/mol. The normalized spacial score (nSPS) is 17.5. The highest BCUT2D eigenvalue weighted by Gasteiger charge is 2.48. The maximum absolute atomic E-state index is 11.7. The summed E-state index contributed by atoms with van der Waals surface area (Å²) in [6.45, 7) is 7.30. The molecular weight excluding hydrogens is 274 g/mol. The van der Waals surface area contributed by atoms with Crippen molar-refractivity contribution in [1.82, 2.24) is 16.0 Å². The summed E-state index contributed by atoms with van der Waals surface area (Å²) in [5.41, 5.74) is -1.55. The molecule has 1 aliphatic carbocycles. The summed E-state index contributed by atoms with van der Waals surface area (Å²) in [7, 11) is 0. The summed E-state index contributed by atoms with van der Waals surface area (Å²) in [6, 6.07) is -0.560. The van der Waals surface area contributed by atoms with Crippen molar-refractivity contribution < 1.29 is 19.5 Å². The number of carbonyl (C=O) groups is 3. The topological polar surface area (TPSA) is 108 Å². The van der Waals surface area contributed by atoms with Gasteiger partial charge < -0.3 is 21.1 Å². The van der Waals surface area contributed by atoms with Gasteiger partial charge in [0.1, 0.15) is 5.54 Å². The highest BCUT2D eigenvalue weighted by molar-refractivity contribution is 5.86. The van der Waals surface area contributed by atoms with Gasteiger partial charge in [-0.05, 0) is 46.5 Å². The number of rotatable bonds is 6. The highest BCUT2D eigenvalue weighted by Crippen LogP contribution is 2.39. The first-order chi connectivity index (χ1) is 9.54. The number of carboxylic acids is 1. The van der Waals surface area contributed by atoms with Gasteiger partial charge in [0.05, 0.1) is 0 Å². The van der Waals surface area contributed by atoms with Crippen molar-refractivity contribution >= 4 is 17.9 Å². The van der Waals surface area contributed by atoms with Crippen LogP contribution in [0.1, 0.15) is 47.0 Å². The largest absolute Gasteiger partial charge is 0.480 e. The molecule has 0 aromatic rings. The summed E-state index contributed by atoms with van der Waals surface area (Å²) >= 11 is 0. The van der Waals surface area contributed by atoms with Crippen molar-refractivity contribution in [1.29, 1.82) is 0 Å². The number of carbonyl (C=O) groups excluding carboxylic acids is 2. The van der Waals surface area contributed by atoms with Crippen molar-refractivity contribution in [3.63, 3.8) is 0 Å². The first-order valence-electron chi connectivity index (χ1n) is 7.15. The second-order valence-electron chi connectivity index (χ2n) is 6.71. The van der Waals surface area contributed by atoms with E-state index in [0.717, 1.165) is 12.8 Å². The van der Waals surface area contributed by atoms with E-state index in [2.05, 4.69) is 16.0 Å². The fraction of sp³-hybridized carbons (Fsp3) is 0.786. The molecule has 1 saturated carbocycles. The Hall–Kier alpha value is -1.79. The Balaban J connectivity index is 2.34. The lowest BCUT2D eigenvalue weighted by atomic mass is 9.96. The van der Waals surface area contributed by atoms with Crippen molar-refractivity contribution in [2.24, 2.45) is 5.92 Å². The van der Waals surface area contributed by atoms with Gasteiger partial charge in [-0.2, -0.15) is 0 Å². The average Bonchev–Trinajstić information content (AvgIpc) is 3.09. The molecule has 1 unspecified atom stereocenters. The minimum atomic E-state index is -1.24. The van der Waals surface area contributed by atoms with E-state index in [-0.39, 0.29) is 30.3 Å². The molecule has 1 rings (SSSR count). The van der Waals surface area contributed by atoms with E-state index >= 15 is 0 Å². The fourth-order valence-electron chi connectivity index (χ4n) is 2.04. The number of hydrogen-bond acceptors (Lipinski definition) is 3. The van der Waals surface area contributed by atoms with Crippen LogP contribution in [0, 0.1) is 5.92 Å². The maximum Gasteiger partial charge on any atom is 0.329 e. The Morgan fingerprint density at radius 2 is 1.67 bits per heavy atom. The summed E-state index contributed by atoms with van der Waals surface area (Å²) in [5.74, 6) is -1.22. The third-order valence-corrected chi connectivity index (χ3v) is 3.36. The number of hydrogen-bond donors (Lipinski definition) is 4. The molecule has 7 nitrogen and oxygen atoms in total. The lowest BCUT2D eigenvalue weighted by Gasteiger charge is -2.26. The lowest BCUT2D eigenvalue weighted by Crippen LogP contribution is -2.57. The van der Waals surface area contributed by atoms with Crippen LogP contribution in [-0.4, -0.2) is 40.6 Å². The van der Waals surface area contributed by atoms with E-state index in [9.17, 15) is 19.5 Å². The first kappa shape index (κ1) is 17.3. The van der Waals surface area contributed by atoms with Crippen LogP contribution >= 0.6 is 0 Å². The van der Waals surface area contributed by atoms with Gasteiger partial charge in [-0.15, -0.1) is 0 Å². The number of amides is 3. The Morgan fingerprint density at radius 1 is 1.10 bits per heavy atom. The molecular formula is C14H25N3O4. The molecule has 120 valence electrons. The van der Waals surface area contributed by atoms with Gasteiger partial charge in [0.2, 0.25) is 5.91 Å². The van der Waals surface area contributed by atoms with Crippen LogP contribution < -0.4 is 16.0 Å². The van der Waals surface area contributed by atoms with E-state index in [1.165, 1.54) is 6.92 Å². The van der Waals surface area contributed by atoms with E-state index < -0.39 is 17.5 Å². The maximum atomic E-state index is 11.7. The van der Waals surface area contributed by atoms with Gasteiger partial charge in [0.25, 0.3) is 0 Å². The highest BCUT2D eigenvalue weighted by atomic mass is 16.4. The Kier molecular flexibility index (Phi) is 5.20. The molecule has 1 fully saturated rings. The molecule has 0 aromatic heterocycles. The zero-order valence-corrected chi connectivity index (χ0v) is 13.1. The number of carboxylic acid groups (broad SMARTS) is 1. The molecule has 0 heterocycles. The predicted octanol–water partition coefficient (Wildman–Crippen LogP) is 0.844. The third kappa shape index (κ3) is 5.61. The van der Waals surface area contributed by atoms with Crippen LogP contribution in [0.25, 0.3) is 0 Å². The van der Waals surface area contributed by atoms with Gasteiger partial charge in [0.15, 0.2) is 0 Å². The standard InChI is InChI=1S/C14H25N3O4/c1-13(2,3)16-10(18)7-8-15-12(21)17-14(4,11(19)20)9-5-6-9/h9H,5-8H2,1-4H3,(H,16,18)(H,19,20)(H2,15,17,21). The van der Waals surface area contributed by atoms with Crippen LogP contribution in [0.5, 0.6) is 0 Å². The number of nitrogens with one attached hydrogen (secondary N) is 3. The zero-order chi connectivity index (χ0) is 16.3. The molecule has 4 N–H and O–H groups in total. The number of aliphatic carboxylic acids is 1. The summed E-state index contributed by atoms with van der Waals surface area (Å²) in [6.07, 6.45) is 1.76. The molecule has 21 heavy (non-hydrogen) atoms. The van der Waals surface area contributed by atoms with Crippen LogP contribution in [0.4, 0.5) is 4.79 Å². The molecule has 1 aliphatic rings. The second-order valence-corrected chi connectivity index (χ2v) is 6.71. The van der Waals surface area contributed by atoms with E-state index in [1.54, 1.807) is 0 Å². The molecule has 0 aliphatic heterocycles. The zero-order valence-electron chi connectivity index (χ0n) is 13.1. The first-order valence-corrected chi connectivity index (χ1v) is 7.15. The van der Waals surface area contributed by atoms with Crippen LogP contribution in [0.3, 0.4) is 0 Å². The summed E-state index contributed by atoms with van der Waals surface area (Å²) in [4.78, 5) is 34.6. The quantitative estimate of drug-likeness (QED) is 0.583. The van der Waals surface area contributed by atoms with Crippen molar-refractivity contribution in [3.05, 3.63) is 0 Å². The van der Waals surface area contributed by atoms with Crippen molar-refractivity contribution in [2.45, 2.75) is 58.0 Å². The van der Waals surface area contributed by atoms with Gasteiger partial charge in [-0.1, -0.05) is 0 Å². The van der Waals surface area contributed by atoms with Gasteiger partial charge in [-0.25, -0.2) is 9.59 Å². The smallest absolute Gasteiger partial charge is 0.329 e. The van der Waals surface area contributed by atoms with E-state index in [0.29, 0.717) is 0 Å². The second kappa shape index (κ2) is 6.32. The molecule has 0 aromatic carbocycles. The monoisotopic (exact) mass is 299 g/mol. The SMILES string of the molecule is CC(C)(C)NC(=O)CCNC(=O)NC(C)(C(=O)O)C1CC1. The minimum Gasteiger partial charge on any atom is -0.480 e. The molecule has 3 amide bonds. The molecule has 7 heteroatoms. The van der Waals surface area contributed by atoms with Crippen molar-refractivity contribution in [2.75, 3.05) is 6.54 Å². The molecule has 0 bridgehead atoms. The third-order valence-electron chi connectivity index (χ3n) is 3.36. The molecule has 1 atom stereocenters. The lowest BCUT2D eigenvalue weighted by molar-refractivity contribution is -0.144. The summed E-state index contributed by atoms with van der Waals surface area (Å²) in [5, 5.41) is 17.0. The Morgan fingerprint density at radius 3 is 2.10 bits per heavy atom. The van der Waals surface area contributed by atoms with Gasteiger partial charge in [0, 0.05) is 18.5 Å². The van der Waals surface area contributed by atoms with Gasteiger partial charge in [-0.3, -0.25) is 4.79 Å². The average molecular weight is 299 g/mol. The molecule has 0 radical (unpaired) electrons. The van der Waals surface area contributed by atoms with E-state index in [1.807, 2.05) is 20.8 Å². The summed E-state index contributed by atoms with van der Waals surface area (Å²) < 4.78 is 0. The van der Waals surface area contributed by atoms with Crippen LogP contribution in [0.15, 0.2) is 0 Å². The van der Waals surface area contributed by atoms with Crippen LogP contribution in [-0.2, 0) is 9.59 Å².